The van der Waals surface area contributed by atoms with Gasteiger partial charge in [-0.3, -0.25) is 0 Å². The normalized spacial score (nSPS) is 13.3. The van der Waals surface area contributed by atoms with Gasteiger partial charge in [0.2, 0.25) is 0 Å². The quantitative estimate of drug-likeness (QED) is 0.167. The molecule has 0 saturated carbocycles. The Morgan fingerprint density at radius 3 is 0.532 bits per heavy atom. The number of hydrogen-bond donors (Lipinski definition) is 0. The second-order valence-electron chi connectivity index (χ2n) is 21.1. The van der Waals surface area contributed by atoms with Crippen LogP contribution < -0.4 is 0 Å². The standard InChI is InChI=1S/C73H44N4/c1-9-25-65-53(17-1)54-18-2-10-26-66(54)74(65)45-33-37-49-50-38-34-46(75-67-27-11-3-19-55(67)56-20-4-12-28-68(56)75)42-62(50)73(61(49)41-45)63-43-47(76-69-29-13-5-21-57(69)58-22-6-14-30-70(58)76)35-39-51(63)52-40-36-48(44-64(52)73)77-71-31-15-7-23-59(71)60-24-8-16-32-72(60)77/h1-44H. The van der Waals surface area contributed by atoms with Crippen molar-refractivity contribution in [1.29, 1.82) is 0 Å². The average molecular weight is 977 g/mol. The molecule has 16 aromatic rings. The zero-order chi connectivity index (χ0) is 50.1. The van der Waals surface area contributed by atoms with Gasteiger partial charge in [0.25, 0.3) is 0 Å². The van der Waals surface area contributed by atoms with Crippen molar-refractivity contribution in [2.45, 2.75) is 5.41 Å². The molecule has 0 atom stereocenters. The molecule has 356 valence electrons. The minimum absolute atomic E-state index is 0.761. The summed E-state index contributed by atoms with van der Waals surface area (Å²) in [5, 5.41) is 10.0. The van der Waals surface area contributed by atoms with Crippen LogP contribution in [-0.2, 0) is 5.41 Å². The summed E-state index contributed by atoms with van der Waals surface area (Å²) in [5.41, 5.74) is 23.5. The molecule has 0 radical (unpaired) electrons. The fourth-order valence-corrected chi connectivity index (χ4v) is 14.5. The minimum atomic E-state index is -0.761. The molecule has 4 aromatic heterocycles. The van der Waals surface area contributed by atoms with Crippen molar-refractivity contribution < 1.29 is 0 Å². The molecule has 0 fully saturated rings. The largest absolute Gasteiger partial charge is 0.309 e. The smallest absolute Gasteiger partial charge is 0.0728 e. The van der Waals surface area contributed by atoms with Gasteiger partial charge in [-0.1, -0.05) is 170 Å². The monoisotopic (exact) mass is 976 g/mol. The Labute approximate surface area is 442 Å². The van der Waals surface area contributed by atoms with Gasteiger partial charge in [-0.25, -0.2) is 0 Å². The molecule has 4 heterocycles. The summed E-state index contributed by atoms with van der Waals surface area (Å²) in [7, 11) is 0. The van der Waals surface area contributed by atoms with Crippen LogP contribution in [-0.4, -0.2) is 18.3 Å². The number of nitrogens with zero attached hydrogens (tertiary/aromatic N) is 4. The first-order chi connectivity index (χ1) is 38.2. The minimum Gasteiger partial charge on any atom is -0.309 e. The lowest BCUT2D eigenvalue weighted by Crippen LogP contribution is -2.27. The van der Waals surface area contributed by atoms with Crippen LogP contribution in [0.15, 0.2) is 267 Å². The molecule has 0 unspecified atom stereocenters. The van der Waals surface area contributed by atoms with Crippen molar-refractivity contribution in [1.82, 2.24) is 18.3 Å². The van der Waals surface area contributed by atoms with Crippen molar-refractivity contribution >= 4 is 87.2 Å². The highest BCUT2D eigenvalue weighted by molar-refractivity contribution is 6.13. The van der Waals surface area contributed by atoms with E-state index in [9.17, 15) is 0 Å². The molecule has 0 N–H and O–H groups in total. The summed E-state index contributed by atoms with van der Waals surface area (Å²) >= 11 is 0. The van der Waals surface area contributed by atoms with Crippen molar-refractivity contribution in [3.05, 3.63) is 289 Å². The molecule has 0 bridgehead atoms. The van der Waals surface area contributed by atoms with E-state index in [2.05, 4.69) is 285 Å². The Bertz CT molecular complexity index is 4370. The van der Waals surface area contributed by atoms with Gasteiger partial charge < -0.3 is 18.3 Å². The summed E-state index contributed by atoms with van der Waals surface area (Å²) in [5.74, 6) is 0. The first-order valence-electron chi connectivity index (χ1n) is 26.8. The molecule has 1 spiro atoms. The molecule has 0 amide bonds. The fourth-order valence-electron chi connectivity index (χ4n) is 14.5. The number of benzene rings is 12. The average Bonchev–Trinajstić information content (AvgIpc) is 4.47. The lowest BCUT2D eigenvalue weighted by atomic mass is 9.70. The first-order valence-corrected chi connectivity index (χ1v) is 26.8. The highest BCUT2D eigenvalue weighted by Gasteiger charge is 2.52. The Hall–Kier alpha value is -10.2. The molecule has 2 aliphatic carbocycles. The van der Waals surface area contributed by atoms with E-state index in [1.807, 2.05) is 0 Å². The molecular formula is C73H44N4. The molecule has 77 heavy (non-hydrogen) atoms. The predicted octanol–water partition coefficient (Wildman–Crippen LogP) is 18.4. The topological polar surface area (TPSA) is 19.7 Å². The summed E-state index contributed by atoms with van der Waals surface area (Å²) in [6.45, 7) is 0. The number of hydrogen-bond acceptors (Lipinski definition) is 0. The predicted molar refractivity (Wildman–Crippen MR) is 320 cm³/mol. The van der Waals surface area contributed by atoms with Gasteiger partial charge in [0, 0.05) is 65.8 Å². The first kappa shape index (κ1) is 41.2. The highest BCUT2D eigenvalue weighted by atomic mass is 15.0. The zero-order valence-electron chi connectivity index (χ0n) is 41.7. The van der Waals surface area contributed by atoms with Gasteiger partial charge in [0.15, 0.2) is 0 Å². The van der Waals surface area contributed by atoms with Crippen molar-refractivity contribution in [3.63, 3.8) is 0 Å². The maximum absolute atomic E-state index is 2.55. The summed E-state index contributed by atoms with van der Waals surface area (Å²) in [6.07, 6.45) is 0. The number of para-hydroxylation sites is 8. The van der Waals surface area contributed by atoms with Crippen molar-refractivity contribution in [2.24, 2.45) is 0 Å². The number of aromatic nitrogens is 4. The van der Waals surface area contributed by atoms with E-state index < -0.39 is 5.41 Å². The van der Waals surface area contributed by atoms with E-state index in [4.69, 9.17) is 0 Å². The molecule has 4 nitrogen and oxygen atoms in total. The van der Waals surface area contributed by atoms with E-state index in [0.717, 1.165) is 22.7 Å². The number of rotatable bonds is 4. The van der Waals surface area contributed by atoms with E-state index in [-0.39, 0.29) is 0 Å². The van der Waals surface area contributed by atoms with Crippen LogP contribution in [0, 0.1) is 0 Å². The maximum Gasteiger partial charge on any atom is 0.0728 e. The van der Waals surface area contributed by atoms with Gasteiger partial charge >= 0.3 is 0 Å². The fraction of sp³-hybridized carbons (Fsp3) is 0.0137. The van der Waals surface area contributed by atoms with Crippen LogP contribution >= 0.6 is 0 Å². The van der Waals surface area contributed by atoms with Crippen LogP contribution in [0.4, 0.5) is 0 Å². The third-order valence-electron chi connectivity index (χ3n) is 17.6. The van der Waals surface area contributed by atoms with Crippen LogP contribution in [0.3, 0.4) is 0 Å². The Kier molecular flexibility index (Phi) is 8.03. The number of fused-ring (bicyclic) bond motifs is 22. The van der Waals surface area contributed by atoms with Crippen LogP contribution in [0.5, 0.6) is 0 Å². The molecule has 4 heteroatoms. The van der Waals surface area contributed by atoms with E-state index in [0.29, 0.717) is 0 Å². The summed E-state index contributed by atoms with van der Waals surface area (Å²) < 4.78 is 9.96. The summed E-state index contributed by atoms with van der Waals surface area (Å²) in [6, 6.07) is 100. The maximum atomic E-state index is 2.55. The van der Waals surface area contributed by atoms with Gasteiger partial charge in [0.05, 0.1) is 49.5 Å². The third-order valence-corrected chi connectivity index (χ3v) is 17.6. The lowest BCUT2D eigenvalue weighted by Gasteiger charge is -2.32. The Morgan fingerprint density at radius 1 is 0.182 bits per heavy atom. The second-order valence-corrected chi connectivity index (χ2v) is 21.1. The van der Waals surface area contributed by atoms with Gasteiger partial charge in [-0.2, -0.15) is 0 Å². The van der Waals surface area contributed by atoms with E-state index >= 15 is 0 Å². The molecular weight excluding hydrogens is 933 g/mol. The zero-order valence-corrected chi connectivity index (χ0v) is 41.7. The SMILES string of the molecule is c1ccc2c(c1)c1ccccc1n2-c1ccc2c(c1)C1(c3cc(-n4c5ccccc5c5ccccc54)ccc3-2)c2cc(-n3c4ccccc4c4ccccc43)ccc2-c2ccc(-n3c4ccccc4c4ccccc43)cc21. The highest BCUT2D eigenvalue weighted by Crippen LogP contribution is 2.64. The Morgan fingerprint density at radius 2 is 0.351 bits per heavy atom. The van der Waals surface area contributed by atoms with Crippen molar-refractivity contribution in [3.8, 4) is 45.0 Å². The molecule has 18 rings (SSSR count). The van der Waals surface area contributed by atoms with Crippen molar-refractivity contribution in [2.75, 3.05) is 0 Å². The van der Waals surface area contributed by atoms with Gasteiger partial charge in [-0.15, -0.1) is 0 Å². The Balaban J connectivity index is 0.999. The third kappa shape index (κ3) is 5.26. The molecule has 0 aliphatic heterocycles. The molecule has 0 saturated heterocycles. The van der Waals surface area contributed by atoms with E-state index in [1.54, 1.807) is 0 Å². The second kappa shape index (κ2) is 15.0. The van der Waals surface area contributed by atoms with Crippen LogP contribution in [0.25, 0.3) is 132 Å². The lowest BCUT2D eigenvalue weighted by molar-refractivity contribution is 0.789. The molecule has 12 aromatic carbocycles. The van der Waals surface area contributed by atoms with Crippen LogP contribution in [0.2, 0.25) is 0 Å². The molecule has 2 aliphatic rings. The summed E-state index contributed by atoms with van der Waals surface area (Å²) in [4.78, 5) is 0. The van der Waals surface area contributed by atoms with Gasteiger partial charge in [-0.05, 0) is 142 Å². The van der Waals surface area contributed by atoms with Gasteiger partial charge in [0.1, 0.15) is 0 Å². The van der Waals surface area contributed by atoms with E-state index in [1.165, 1.54) is 132 Å². The van der Waals surface area contributed by atoms with Crippen LogP contribution in [0.1, 0.15) is 22.3 Å².